The van der Waals surface area contributed by atoms with Crippen LogP contribution in [0, 0.1) is 0 Å². The molecule has 1 saturated carbocycles. The van der Waals surface area contributed by atoms with Crippen LogP contribution in [-0.4, -0.2) is 17.6 Å². The number of carbonyl (C=O) groups excluding carboxylic acids is 1. The highest BCUT2D eigenvalue weighted by Crippen LogP contribution is 2.44. The standard InChI is InChI=1S/C20H23NO2S/c22-18(19(10-3-4-11-19)17-8-5-13-24-17)21-14-20(23)12-9-15-6-1-2-7-16(15)20/h1-2,5-8,13,23H,3-4,9-12,14H2,(H,21,22)/t20-/m0/s1. The molecule has 1 heterocycles. The van der Waals surface area contributed by atoms with Crippen LogP contribution in [-0.2, 0) is 22.2 Å². The van der Waals surface area contributed by atoms with E-state index in [2.05, 4.69) is 17.4 Å². The van der Waals surface area contributed by atoms with Crippen LogP contribution in [0.3, 0.4) is 0 Å². The number of hydrogen-bond acceptors (Lipinski definition) is 3. The Kier molecular flexibility index (Phi) is 3.97. The quantitative estimate of drug-likeness (QED) is 0.894. The summed E-state index contributed by atoms with van der Waals surface area (Å²) in [6.45, 7) is 0.302. The van der Waals surface area contributed by atoms with E-state index in [0.717, 1.165) is 42.5 Å². The lowest BCUT2D eigenvalue weighted by Crippen LogP contribution is -2.47. The molecule has 0 spiro atoms. The second-order valence-corrected chi connectivity index (χ2v) is 8.09. The molecule has 0 radical (unpaired) electrons. The Hall–Kier alpha value is -1.65. The largest absolute Gasteiger partial charge is 0.383 e. The van der Waals surface area contributed by atoms with Crippen molar-refractivity contribution < 1.29 is 9.90 Å². The Balaban J connectivity index is 1.53. The molecule has 0 unspecified atom stereocenters. The van der Waals surface area contributed by atoms with E-state index in [4.69, 9.17) is 0 Å². The molecule has 0 aliphatic heterocycles. The summed E-state index contributed by atoms with van der Waals surface area (Å²) < 4.78 is 0. The molecular weight excluding hydrogens is 318 g/mol. The number of hydrogen-bond donors (Lipinski definition) is 2. The first-order valence-corrected chi connectivity index (χ1v) is 9.65. The zero-order valence-electron chi connectivity index (χ0n) is 13.8. The molecule has 126 valence electrons. The summed E-state index contributed by atoms with van der Waals surface area (Å²) in [7, 11) is 0. The molecule has 4 heteroatoms. The summed E-state index contributed by atoms with van der Waals surface area (Å²) in [6, 6.07) is 12.1. The van der Waals surface area contributed by atoms with E-state index < -0.39 is 5.60 Å². The maximum Gasteiger partial charge on any atom is 0.231 e. The van der Waals surface area contributed by atoms with Crippen LogP contribution in [0.4, 0.5) is 0 Å². The van der Waals surface area contributed by atoms with E-state index in [1.165, 1.54) is 5.56 Å². The lowest BCUT2D eigenvalue weighted by Gasteiger charge is -2.30. The molecule has 2 aromatic rings. The number of fused-ring (bicyclic) bond motifs is 1. The van der Waals surface area contributed by atoms with Crippen LogP contribution in [0.2, 0.25) is 0 Å². The van der Waals surface area contributed by atoms with Gasteiger partial charge in [0.1, 0.15) is 5.60 Å². The highest BCUT2D eigenvalue weighted by Gasteiger charge is 2.45. The van der Waals surface area contributed by atoms with Gasteiger partial charge >= 0.3 is 0 Å². The predicted molar refractivity (Wildman–Crippen MR) is 96.1 cm³/mol. The molecule has 2 aliphatic carbocycles. The average molecular weight is 341 g/mol. The van der Waals surface area contributed by atoms with Crippen LogP contribution in [0.5, 0.6) is 0 Å². The summed E-state index contributed by atoms with van der Waals surface area (Å²) in [4.78, 5) is 14.2. The minimum atomic E-state index is -0.929. The third kappa shape index (κ3) is 2.49. The van der Waals surface area contributed by atoms with E-state index >= 15 is 0 Å². The summed E-state index contributed by atoms with van der Waals surface area (Å²) in [5.74, 6) is 0.0836. The Morgan fingerprint density at radius 3 is 2.67 bits per heavy atom. The summed E-state index contributed by atoms with van der Waals surface area (Å²) >= 11 is 1.67. The zero-order chi connectivity index (χ0) is 16.6. The van der Waals surface area contributed by atoms with Crippen LogP contribution >= 0.6 is 11.3 Å². The monoisotopic (exact) mass is 341 g/mol. The summed E-state index contributed by atoms with van der Waals surface area (Å²) in [6.07, 6.45) is 5.57. The normalized spacial score (nSPS) is 24.7. The van der Waals surface area contributed by atoms with Crippen LogP contribution in [0.15, 0.2) is 41.8 Å². The molecule has 1 amide bonds. The van der Waals surface area contributed by atoms with Gasteiger partial charge in [0.2, 0.25) is 5.91 Å². The van der Waals surface area contributed by atoms with Crippen LogP contribution in [0.1, 0.15) is 48.1 Å². The molecule has 2 aliphatic rings. The van der Waals surface area contributed by atoms with Gasteiger partial charge in [0.15, 0.2) is 0 Å². The molecule has 4 rings (SSSR count). The molecule has 0 saturated heterocycles. The first-order chi connectivity index (χ1) is 11.6. The van der Waals surface area contributed by atoms with Gasteiger partial charge in [-0.15, -0.1) is 11.3 Å². The van der Waals surface area contributed by atoms with Gasteiger partial charge in [0.05, 0.1) is 12.0 Å². The zero-order valence-corrected chi connectivity index (χ0v) is 14.6. The van der Waals surface area contributed by atoms with Gasteiger partial charge in [-0.05, 0) is 48.3 Å². The van der Waals surface area contributed by atoms with Gasteiger partial charge in [-0.1, -0.05) is 43.2 Å². The second kappa shape index (κ2) is 6.01. The van der Waals surface area contributed by atoms with Crippen LogP contribution in [0.25, 0.3) is 0 Å². The van der Waals surface area contributed by atoms with Crippen molar-refractivity contribution in [3.8, 4) is 0 Å². The van der Waals surface area contributed by atoms with Gasteiger partial charge in [-0.25, -0.2) is 0 Å². The molecule has 1 aromatic carbocycles. The van der Waals surface area contributed by atoms with Gasteiger partial charge in [-0.3, -0.25) is 4.79 Å². The molecule has 2 N–H and O–H groups in total. The molecule has 3 nitrogen and oxygen atoms in total. The number of thiophene rings is 1. The average Bonchev–Trinajstić information content (AvgIpc) is 3.34. The number of aliphatic hydroxyl groups is 1. The molecule has 1 aromatic heterocycles. The topological polar surface area (TPSA) is 49.3 Å². The Morgan fingerprint density at radius 1 is 1.12 bits per heavy atom. The lowest BCUT2D eigenvalue weighted by atomic mass is 9.83. The van der Waals surface area contributed by atoms with Crippen molar-refractivity contribution in [3.05, 3.63) is 57.8 Å². The third-order valence-corrected chi connectivity index (χ3v) is 6.83. The third-order valence-electron chi connectivity index (χ3n) is 5.75. The Morgan fingerprint density at radius 2 is 1.92 bits per heavy atom. The number of amides is 1. The Bertz CT molecular complexity index is 734. The van der Waals surface area contributed by atoms with Crippen molar-refractivity contribution in [1.29, 1.82) is 0 Å². The second-order valence-electron chi connectivity index (χ2n) is 7.14. The molecule has 24 heavy (non-hydrogen) atoms. The van der Waals surface area contributed by atoms with Crippen molar-refractivity contribution >= 4 is 17.2 Å². The highest BCUT2D eigenvalue weighted by molar-refractivity contribution is 7.10. The van der Waals surface area contributed by atoms with Gasteiger partial charge in [0, 0.05) is 4.88 Å². The molecule has 1 fully saturated rings. The molecule has 0 bridgehead atoms. The SMILES string of the molecule is O=C(NC[C@@]1(O)CCc2ccccc21)C1(c2cccs2)CCCC1. The minimum absolute atomic E-state index is 0.0836. The van der Waals surface area contributed by atoms with Crippen molar-refractivity contribution in [2.45, 2.75) is 49.5 Å². The van der Waals surface area contributed by atoms with Crippen molar-refractivity contribution in [2.24, 2.45) is 0 Å². The van der Waals surface area contributed by atoms with E-state index in [-0.39, 0.29) is 11.3 Å². The Labute approximate surface area is 146 Å². The molecule has 1 atom stereocenters. The van der Waals surface area contributed by atoms with Crippen molar-refractivity contribution in [1.82, 2.24) is 5.32 Å². The maximum absolute atomic E-state index is 13.1. The van der Waals surface area contributed by atoms with Crippen LogP contribution < -0.4 is 5.32 Å². The van der Waals surface area contributed by atoms with E-state index in [1.54, 1.807) is 11.3 Å². The van der Waals surface area contributed by atoms with Gasteiger partial charge in [0.25, 0.3) is 0 Å². The first-order valence-electron chi connectivity index (χ1n) is 8.77. The fourth-order valence-corrected chi connectivity index (χ4v) is 5.35. The van der Waals surface area contributed by atoms with E-state index in [9.17, 15) is 9.90 Å². The van der Waals surface area contributed by atoms with Crippen molar-refractivity contribution in [2.75, 3.05) is 6.54 Å². The molecular formula is C20H23NO2S. The summed E-state index contributed by atoms with van der Waals surface area (Å²) in [5, 5.41) is 16.2. The predicted octanol–water partition coefficient (Wildman–Crippen LogP) is 3.51. The smallest absolute Gasteiger partial charge is 0.231 e. The van der Waals surface area contributed by atoms with E-state index in [1.807, 2.05) is 29.6 Å². The fraction of sp³-hybridized carbons (Fsp3) is 0.450. The number of carbonyl (C=O) groups is 1. The van der Waals surface area contributed by atoms with Crippen molar-refractivity contribution in [3.63, 3.8) is 0 Å². The first kappa shape index (κ1) is 15.9. The lowest BCUT2D eigenvalue weighted by molar-refractivity contribution is -0.128. The van der Waals surface area contributed by atoms with Gasteiger partial charge < -0.3 is 10.4 Å². The fourth-order valence-electron chi connectivity index (χ4n) is 4.36. The number of benzene rings is 1. The summed E-state index contributed by atoms with van der Waals surface area (Å²) in [5.41, 5.74) is 0.856. The van der Waals surface area contributed by atoms with E-state index in [0.29, 0.717) is 13.0 Å². The highest BCUT2D eigenvalue weighted by atomic mass is 32.1. The van der Waals surface area contributed by atoms with Gasteiger partial charge in [-0.2, -0.15) is 0 Å². The number of aryl methyl sites for hydroxylation is 1. The maximum atomic E-state index is 13.1. The minimum Gasteiger partial charge on any atom is -0.383 e. The number of nitrogens with one attached hydrogen (secondary N) is 1. The number of rotatable bonds is 4.